The number of halogens is 1. The molecule has 2 fully saturated rings. The smallest absolute Gasteiger partial charge is 0.303 e. The van der Waals surface area contributed by atoms with E-state index in [-0.39, 0.29) is 34.7 Å². The molecule has 2 rings (SSSR count). The summed E-state index contributed by atoms with van der Waals surface area (Å²) >= 11 is 3.87. The van der Waals surface area contributed by atoms with E-state index in [1.807, 2.05) is 0 Å². The second-order valence-corrected chi connectivity index (χ2v) is 11.2. The summed E-state index contributed by atoms with van der Waals surface area (Å²) in [6, 6.07) is 0. The molecular weight excluding hydrogens is 448 g/mol. The minimum Gasteiger partial charge on any atom is -0.462 e. The molecule has 0 radical (unpaired) electrons. The third kappa shape index (κ3) is 4.69. The van der Waals surface area contributed by atoms with Crippen LogP contribution in [-0.2, 0) is 19.1 Å². The van der Waals surface area contributed by atoms with Gasteiger partial charge in [-0.2, -0.15) is 0 Å². The lowest BCUT2D eigenvalue weighted by molar-refractivity contribution is -0.177. The quantitative estimate of drug-likeness (QED) is 0.327. The number of hydrogen-bond donors (Lipinski definition) is 1. The van der Waals surface area contributed by atoms with E-state index in [9.17, 15) is 14.7 Å². The van der Waals surface area contributed by atoms with Gasteiger partial charge in [-0.1, -0.05) is 54.9 Å². The Labute approximate surface area is 189 Å². The van der Waals surface area contributed by atoms with E-state index in [0.717, 1.165) is 18.4 Å². The predicted octanol–water partition coefficient (Wildman–Crippen LogP) is 4.96. The lowest BCUT2D eigenvalue weighted by Crippen LogP contribution is -2.60. The van der Waals surface area contributed by atoms with Crippen LogP contribution in [0.5, 0.6) is 0 Å². The first-order valence-electron chi connectivity index (χ1n) is 10.7. The summed E-state index contributed by atoms with van der Waals surface area (Å²) in [6.07, 6.45) is 3.35. The summed E-state index contributed by atoms with van der Waals surface area (Å²) in [6.45, 7) is 19.2. The highest BCUT2D eigenvalue weighted by molar-refractivity contribution is 9.09. The Morgan fingerprint density at radius 1 is 1.33 bits per heavy atom. The Morgan fingerprint density at radius 2 is 1.93 bits per heavy atom. The van der Waals surface area contributed by atoms with Crippen molar-refractivity contribution in [2.75, 3.05) is 0 Å². The molecule has 1 N–H and O–H groups in total. The van der Waals surface area contributed by atoms with Crippen LogP contribution in [0.15, 0.2) is 24.8 Å². The molecule has 0 aromatic carbocycles. The summed E-state index contributed by atoms with van der Waals surface area (Å²) < 4.78 is 11.4. The molecule has 0 saturated heterocycles. The van der Waals surface area contributed by atoms with Crippen molar-refractivity contribution in [3.05, 3.63) is 24.8 Å². The van der Waals surface area contributed by atoms with Crippen molar-refractivity contribution in [1.82, 2.24) is 0 Å². The first-order chi connectivity index (χ1) is 13.7. The highest BCUT2D eigenvalue weighted by Gasteiger charge is 2.60. The zero-order chi connectivity index (χ0) is 23.1. The Bertz CT molecular complexity index is 712. The van der Waals surface area contributed by atoms with E-state index in [2.05, 4.69) is 49.9 Å². The molecule has 0 aliphatic heterocycles. The van der Waals surface area contributed by atoms with Gasteiger partial charge in [0.2, 0.25) is 0 Å². The Morgan fingerprint density at radius 3 is 2.43 bits per heavy atom. The predicted molar refractivity (Wildman–Crippen MR) is 121 cm³/mol. The molecule has 0 amide bonds. The third-order valence-electron chi connectivity index (χ3n) is 7.52. The molecule has 6 heteroatoms. The molecule has 2 aliphatic rings. The second-order valence-electron chi connectivity index (χ2n) is 10.1. The number of aliphatic hydroxyl groups is 1. The molecule has 2 saturated carbocycles. The van der Waals surface area contributed by atoms with Gasteiger partial charge in [0.1, 0.15) is 17.8 Å². The van der Waals surface area contributed by atoms with Crippen LogP contribution in [0.1, 0.15) is 67.2 Å². The van der Waals surface area contributed by atoms with E-state index in [1.165, 1.54) is 19.9 Å². The molecule has 0 bridgehead atoms. The normalized spacial score (nSPS) is 36.1. The van der Waals surface area contributed by atoms with Gasteiger partial charge in [-0.15, -0.1) is 6.58 Å². The third-order valence-corrected chi connectivity index (χ3v) is 9.16. The van der Waals surface area contributed by atoms with Crippen molar-refractivity contribution in [3.8, 4) is 0 Å². The van der Waals surface area contributed by atoms with Gasteiger partial charge in [0, 0.05) is 31.0 Å². The van der Waals surface area contributed by atoms with Gasteiger partial charge in [-0.05, 0) is 42.9 Å². The molecule has 5 nitrogen and oxygen atoms in total. The number of esters is 2. The zero-order valence-electron chi connectivity index (χ0n) is 19.2. The van der Waals surface area contributed by atoms with Gasteiger partial charge in [0.05, 0.1) is 0 Å². The van der Waals surface area contributed by atoms with Crippen LogP contribution < -0.4 is 0 Å². The molecule has 0 aromatic heterocycles. The van der Waals surface area contributed by atoms with Crippen molar-refractivity contribution < 1.29 is 24.2 Å². The van der Waals surface area contributed by atoms with Crippen LogP contribution in [0.25, 0.3) is 0 Å². The first kappa shape index (κ1) is 25.1. The molecule has 2 aliphatic carbocycles. The Kier molecular flexibility index (Phi) is 7.35. The summed E-state index contributed by atoms with van der Waals surface area (Å²) in [5.74, 6) is -0.625. The number of carbonyl (C=O) groups is 2. The van der Waals surface area contributed by atoms with Crippen LogP contribution in [0.4, 0.5) is 0 Å². The van der Waals surface area contributed by atoms with Crippen molar-refractivity contribution >= 4 is 27.9 Å². The topological polar surface area (TPSA) is 72.8 Å². The minimum absolute atomic E-state index is 0.00404. The first-order valence-corrected chi connectivity index (χ1v) is 11.6. The fourth-order valence-electron chi connectivity index (χ4n) is 6.00. The lowest BCUT2D eigenvalue weighted by atomic mass is 9.46. The van der Waals surface area contributed by atoms with E-state index >= 15 is 0 Å². The molecule has 0 heterocycles. The van der Waals surface area contributed by atoms with E-state index in [1.54, 1.807) is 6.92 Å². The number of carbonyl (C=O) groups excluding carboxylic acids is 2. The van der Waals surface area contributed by atoms with Gasteiger partial charge in [0.25, 0.3) is 0 Å². The average Bonchev–Trinajstić information content (AvgIpc) is 2.59. The molecule has 170 valence electrons. The zero-order valence-corrected chi connectivity index (χ0v) is 20.8. The summed E-state index contributed by atoms with van der Waals surface area (Å²) in [4.78, 5) is 23.9. The fraction of sp³-hybridized carbons (Fsp3) is 0.750. The summed E-state index contributed by atoms with van der Waals surface area (Å²) in [7, 11) is 0. The summed E-state index contributed by atoms with van der Waals surface area (Å²) in [5.41, 5.74) is -0.726. The van der Waals surface area contributed by atoms with Crippen LogP contribution in [0.3, 0.4) is 0 Å². The second kappa shape index (κ2) is 8.78. The van der Waals surface area contributed by atoms with Crippen molar-refractivity contribution in [3.63, 3.8) is 0 Å². The standard InChI is InChI=1S/C24H37BrO5/c1-9-24(8,28)20(30-16(4)27)13-17-14(2)12-18(29-15(3)26)21-22(5,6)19(25)10-11-23(17,21)7/h9,17-21,28H,1-2,10-13H2,3-8H3/t17-,18-,19+,20+,21+,23-,24-/m1/s1. The maximum atomic E-state index is 11.9. The SMILES string of the molecule is C=C[C@@](C)(O)[C@H](C[C@@H]1C(=C)C[C@@H](OC(C)=O)[C@H]2C(C)(C)[C@@H](Br)CC[C@]12C)OC(C)=O. The van der Waals surface area contributed by atoms with E-state index in [0.29, 0.717) is 17.7 Å². The molecule has 7 atom stereocenters. The minimum atomic E-state index is -1.35. The van der Waals surface area contributed by atoms with E-state index < -0.39 is 17.7 Å². The molecule has 0 aromatic rings. The maximum absolute atomic E-state index is 11.9. The van der Waals surface area contributed by atoms with Crippen molar-refractivity contribution in [2.24, 2.45) is 22.7 Å². The van der Waals surface area contributed by atoms with E-state index in [4.69, 9.17) is 9.47 Å². The number of alkyl halides is 1. The lowest BCUT2D eigenvalue weighted by Gasteiger charge is -2.61. The fourth-order valence-corrected chi connectivity index (χ4v) is 6.51. The number of fused-ring (bicyclic) bond motifs is 1. The number of rotatable bonds is 6. The molecular formula is C24H37BrO5. The van der Waals surface area contributed by atoms with Crippen molar-refractivity contribution in [2.45, 2.75) is 89.9 Å². The number of hydrogen-bond acceptors (Lipinski definition) is 5. The van der Waals surface area contributed by atoms with Crippen LogP contribution in [0, 0.1) is 22.7 Å². The van der Waals surface area contributed by atoms with Crippen LogP contribution in [-0.4, -0.2) is 39.7 Å². The highest BCUT2D eigenvalue weighted by Crippen LogP contribution is 2.63. The molecule has 30 heavy (non-hydrogen) atoms. The van der Waals surface area contributed by atoms with Gasteiger partial charge >= 0.3 is 11.9 Å². The van der Waals surface area contributed by atoms with Gasteiger partial charge in [-0.25, -0.2) is 0 Å². The maximum Gasteiger partial charge on any atom is 0.303 e. The van der Waals surface area contributed by atoms with Crippen LogP contribution in [0.2, 0.25) is 0 Å². The van der Waals surface area contributed by atoms with Gasteiger partial charge in [0.15, 0.2) is 0 Å². The monoisotopic (exact) mass is 484 g/mol. The molecule has 0 spiro atoms. The average molecular weight is 485 g/mol. The summed E-state index contributed by atoms with van der Waals surface area (Å²) in [5, 5.41) is 10.8. The molecule has 0 unspecified atom stereocenters. The van der Waals surface area contributed by atoms with Crippen LogP contribution >= 0.6 is 15.9 Å². The Hall–Kier alpha value is -1.14. The van der Waals surface area contributed by atoms with Gasteiger partial charge in [-0.3, -0.25) is 9.59 Å². The van der Waals surface area contributed by atoms with Crippen molar-refractivity contribution in [1.29, 1.82) is 0 Å². The van der Waals surface area contributed by atoms with Gasteiger partial charge < -0.3 is 14.6 Å². The Balaban J connectivity index is 2.50. The number of ether oxygens (including phenoxy) is 2. The largest absolute Gasteiger partial charge is 0.462 e. The highest BCUT2D eigenvalue weighted by atomic mass is 79.9.